The number of fused-ring (bicyclic) bond motifs is 1. The van der Waals surface area contributed by atoms with Gasteiger partial charge in [-0.2, -0.15) is 0 Å². The summed E-state index contributed by atoms with van der Waals surface area (Å²) in [6.45, 7) is 7.07. The van der Waals surface area contributed by atoms with Gasteiger partial charge in [-0.1, -0.05) is 24.3 Å². The second kappa shape index (κ2) is 6.10. The molecule has 0 aliphatic carbocycles. The second-order valence-corrected chi connectivity index (χ2v) is 5.43. The zero-order chi connectivity index (χ0) is 15.5. The SMILES string of the molecule is CCOC(C)(C)CNc1nc(C(=O)O)cc2ccccc12. The van der Waals surface area contributed by atoms with E-state index >= 15 is 0 Å². The van der Waals surface area contributed by atoms with Crippen molar-refractivity contribution in [1.82, 2.24) is 4.98 Å². The normalized spacial score (nSPS) is 11.6. The Kier molecular flexibility index (Phi) is 4.43. The van der Waals surface area contributed by atoms with Gasteiger partial charge in [0.1, 0.15) is 5.82 Å². The lowest BCUT2D eigenvalue weighted by molar-refractivity contribution is 0.000663. The van der Waals surface area contributed by atoms with Gasteiger partial charge in [-0.25, -0.2) is 9.78 Å². The minimum absolute atomic E-state index is 0.0328. The number of pyridine rings is 1. The Hall–Kier alpha value is -2.14. The smallest absolute Gasteiger partial charge is 0.354 e. The fourth-order valence-corrected chi connectivity index (χ4v) is 2.18. The summed E-state index contributed by atoms with van der Waals surface area (Å²) >= 11 is 0. The molecule has 5 nitrogen and oxygen atoms in total. The van der Waals surface area contributed by atoms with Crippen LogP contribution in [-0.2, 0) is 4.74 Å². The maximum atomic E-state index is 11.2. The molecule has 0 bridgehead atoms. The maximum absolute atomic E-state index is 11.2. The molecule has 0 saturated carbocycles. The van der Waals surface area contributed by atoms with Crippen LogP contribution in [0.4, 0.5) is 5.82 Å². The number of aromatic nitrogens is 1. The second-order valence-electron chi connectivity index (χ2n) is 5.43. The van der Waals surface area contributed by atoms with Crippen molar-refractivity contribution in [3.05, 3.63) is 36.0 Å². The van der Waals surface area contributed by atoms with E-state index in [0.29, 0.717) is 19.0 Å². The molecular weight excluding hydrogens is 268 g/mol. The molecule has 2 rings (SSSR count). The quantitative estimate of drug-likeness (QED) is 0.854. The number of anilines is 1. The first-order chi connectivity index (χ1) is 9.93. The van der Waals surface area contributed by atoms with Gasteiger partial charge in [0.05, 0.1) is 5.60 Å². The van der Waals surface area contributed by atoms with Crippen molar-refractivity contribution in [2.45, 2.75) is 26.4 Å². The molecule has 2 N–H and O–H groups in total. The molecule has 1 aromatic carbocycles. The van der Waals surface area contributed by atoms with Gasteiger partial charge in [0.2, 0.25) is 0 Å². The zero-order valence-corrected chi connectivity index (χ0v) is 12.5. The van der Waals surface area contributed by atoms with E-state index in [1.54, 1.807) is 6.07 Å². The van der Waals surface area contributed by atoms with E-state index in [1.165, 1.54) is 0 Å². The van der Waals surface area contributed by atoms with E-state index < -0.39 is 5.97 Å². The van der Waals surface area contributed by atoms with Gasteiger partial charge < -0.3 is 15.2 Å². The maximum Gasteiger partial charge on any atom is 0.354 e. The Labute approximate surface area is 124 Å². The van der Waals surface area contributed by atoms with Crippen molar-refractivity contribution in [3.63, 3.8) is 0 Å². The highest BCUT2D eigenvalue weighted by atomic mass is 16.5. The molecule has 0 unspecified atom stereocenters. The molecule has 1 aromatic heterocycles. The third kappa shape index (κ3) is 3.70. The Balaban J connectivity index is 2.35. The van der Waals surface area contributed by atoms with Crippen LogP contribution >= 0.6 is 0 Å². The summed E-state index contributed by atoms with van der Waals surface area (Å²) in [5, 5.41) is 14.1. The van der Waals surface area contributed by atoms with Crippen LogP contribution in [0.5, 0.6) is 0 Å². The number of nitrogens with zero attached hydrogens (tertiary/aromatic N) is 1. The summed E-state index contributed by atoms with van der Waals surface area (Å²) in [4.78, 5) is 15.4. The average Bonchev–Trinajstić information content (AvgIpc) is 2.44. The zero-order valence-electron chi connectivity index (χ0n) is 12.5. The molecular formula is C16H20N2O3. The molecule has 0 radical (unpaired) electrons. The summed E-state index contributed by atoms with van der Waals surface area (Å²) in [5.74, 6) is -0.467. The molecule has 0 amide bonds. The first kappa shape index (κ1) is 15.3. The van der Waals surface area contributed by atoms with Gasteiger partial charge >= 0.3 is 5.97 Å². The minimum atomic E-state index is -1.03. The van der Waals surface area contributed by atoms with E-state index in [9.17, 15) is 4.79 Å². The summed E-state index contributed by atoms with van der Waals surface area (Å²) in [6, 6.07) is 9.16. The molecule has 21 heavy (non-hydrogen) atoms. The Morgan fingerprint density at radius 2 is 2.10 bits per heavy atom. The topological polar surface area (TPSA) is 71.5 Å². The summed E-state index contributed by atoms with van der Waals surface area (Å²) in [5.41, 5.74) is -0.318. The third-order valence-corrected chi connectivity index (χ3v) is 3.18. The van der Waals surface area contributed by atoms with Crippen LogP contribution in [0.25, 0.3) is 10.8 Å². The van der Waals surface area contributed by atoms with E-state index in [-0.39, 0.29) is 11.3 Å². The van der Waals surface area contributed by atoms with Crippen LogP contribution in [0.15, 0.2) is 30.3 Å². The predicted molar refractivity (Wildman–Crippen MR) is 82.9 cm³/mol. The number of benzene rings is 1. The monoisotopic (exact) mass is 288 g/mol. The number of ether oxygens (including phenoxy) is 1. The number of nitrogens with one attached hydrogen (secondary N) is 1. The van der Waals surface area contributed by atoms with E-state index in [2.05, 4.69) is 10.3 Å². The minimum Gasteiger partial charge on any atom is -0.477 e. The van der Waals surface area contributed by atoms with Crippen molar-refractivity contribution >= 4 is 22.6 Å². The van der Waals surface area contributed by atoms with Crippen LogP contribution in [-0.4, -0.2) is 34.8 Å². The molecule has 0 fully saturated rings. The van der Waals surface area contributed by atoms with Crippen molar-refractivity contribution in [2.24, 2.45) is 0 Å². The lowest BCUT2D eigenvalue weighted by atomic mass is 10.1. The van der Waals surface area contributed by atoms with Crippen LogP contribution in [0, 0.1) is 0 Å². The van der Waals surface area contributed by atoms with Crippen molar-refractivity contribution in [1.29, 1.82) is 0 Å². The molecule has 112 valence electrons. The van der Waals surface area contributed by atoms with E-state index in [0.717, 1.165) is 10.8 Å². The highest BCUT2D eigenvalue weighted by molar-refractivity contribution is 5.97. The molecule has 1 heterocycles. The molecule has 0 spiro atoms. The summed E-state index contributed by atoms with van der Waals surface area (Å²) < 4.78 is 5.63. The molecule has 0 aliphatic rings. The first-order valence-electron chi connectivity index (χ1n) is 6.94. The first-order valence-corrected chi connectivity index (χ1v) is 6.94. The van der Waals surface area contributed by atoms with Gasteiger partial charge in [-0.05, 0) is 32.2 Å². The molecule has 0 aliphatic heterocycles. The van der Waals surface area contributed by atoms with Crippen molar-refractivity contribution < 1.29 is 14.6 Å². The summed E-state index contributed by atoms with van der Waals surface area (Å²) in [7, 11) is 0. The highest BCUT2D eigenvalue weighted by Crippen LogP contribution is 2.23. The highest BCUT2D eigenvalue weighted by Gasteiger charge is 2.18. The van der Waals surface area contributed by atoms with Crippen LogP contribution in [0.2, 0.25) is 0 Å². The van der Waals surface area contributed by atoms with Crippen LogP contribution in [0.3, 0.4) is 0 Å². The fraction of sp³-hybridized carbons (Fsp3) is 0.375. The molecule has 2 aromatic rings. The van der Waals surface area contributed by atoms with Crippen LogP contribution in [0.1, 0.15) is 31.3 Å². The lowest BCUT2D eigenvalue weighted by Gasteiger charge is -2.25. The largest absolute Gasteiger partial charge is 0.477 e. The number of carboxylic acids is 1. The third-order valence-electron chi connectivity index (χ3n) is 3.18. The number of hydrogen-bond donors (Lipinski definition) is 2. The van der Waals surface area contributed by atoms with E-state index in [1.807, 2.05) is 45.0 Å². The standard InChI is InChI=1S/C16H20N2O3/c1-4-21-16(2,3)10-17-14-12-8-6-5-7-11(12)9-13(18-14)15(19)20/h5-9H,4,10H2,1-3H3,(H,17,18)(H,19,20). The predicted octanol–water partition coefficient (Wildman–Crippen LogP) is 3.16. The Morgan fingerprint density at radius 1 is 1.38 bits per heavy atom. The molecule has 5 heteroatoms. The number of carboxylic acid groups (broad SMARTS) is 1. The lowest BCUT2D eigenvalue weighted by Crippen LogP contribution is -2.33. The van der Waals surface area contributed by atoms with Crippen molar-refractivity contribution in [2.75, 3.05) is 18.5 Å². The van der Waals surface area contributed by atoms with Gasteiger partial charge in [-0.3, -0.25) is 0 Å². The number of aromatic carboxylic acids is 1. The van der Waals surface area contributed by atoms with Gasteiger partial charge in [0.15, 0.2) is 5.69 Å². The number of hydrogen-bond acceptors (Lipinski definition) is 4. The van der Waals surface area contributed by atoms with E-state index in [4.69, 9.17) is 9.84 Å². The summed E-state index contributed by atoms with van der Waals surface area (Å²) in [6.07, 6.45) is 0. The average molecular weight is 288 g/mol. The van der Waals surface area contributed by atoms with Crippen molar-refractivity contribution in [3.8, 4) is 0 Å². The fourth-order valence-electron chi connectivity index (χ4n) is 2.18. The Bertz CT molecular complexity index is 653. The van der Waals surface area contributed by atoms with Gasteiger partial charge in [-0.15, -0.1) is 0 Å². The number of rotatable bonds is 6. The number of carbonyl (C=O) groups is 1. The van der Waals surface area contributed by atoms with Gasteiger partial charge in [0, 0.05) is 18.5 Å². The Morgan fingerprint density at radius 3 is 2.76 bits per heavy atom. The molecule has 0 saturated heterocycles. The molecule has 0 atom stereocenters. The van der Waals surface area contributed by atoms with Crippen LogP contribution < -0.4 is 5.32 Å². The van der Waals surface area contributed by atoms with Gasteiger partial charge in [0.25, 0.3) is 0 Å².